The molecule has 0 saturated carbocycles. The van der Waals surface area contributed by atoms with E-state index in [2.05, 4.69) is 30.2 Å². The van der Waals surface area contributed by atoms with Gasteiger partial charge >= 0.3 is 5.97 Å². The highest BCUT2D eigenvalue weighted by molar-refractivity contribution is 7.10. The number of esters is 1. The van der Waals surface area contributed by atoms with Gasteiger partial charge in [-0.15, -0.1) is 11.3 Å². The Kier molecular flexibility index (Phi) is 6.22. The van der Waals surface area contributed by atoms with E-state index in [4.69, 9.17) is 4.74 Å². The third kappa shape index (κ3) is 4.13. The first-order chi connectivity index (χ1) is 8.22. The first kappa shape index (κ1) is 14.2. The summed E-state index contributed by atoms with van der Waals surface area (Å²) >= 11 is 1.70. The molecule has 0 aliphatic rings. The van der Waals surface area contributed by atoms with Gasteiger partial charge in [0.1, 0.15) is 0 Å². The van der Waals surface area contributed by atoms with Crippen LogP contribution < -0.4 is 0 Å². The van der Waals surface area contributed by atoms with Gasteiger partial charge in [0.2, 0.25) is 0 Å². The quantitative estimate of drug-likeness (QED) is 0.701. The molecular weight excluding hydrogens is 234 g/mol. The van der Waals surface area contributed by atoms with Crippen LogP contribution >= 0.6 is 11.3 Å². The minimum Gasteiger partial charge on any atom is -0.466 e. The van der Waals surface area contributed by atoms with Crippen molar-refractivity contribution in [3.63, 3.8) is 0 Å². The highest BCUT2D eigenvalue weighted by Gasteiger charge is 2.22. The molecule has 96 valence electrons. The molecule has 1 heterocycles. The van der Waals surface area contributed by atoms with E-state index in [0.29, 0.717) is 13.0 Å². The lowest BCUT2D eigenvalue weighted by molar-refractivity contribution is -0.144. The molecule has 4 heteroatoms. The van der Waals surface area contributed by atoms with E-state index in [0.717, 1.165) is 13.1 Å². The fourth-order valence-corrected chi connectivity index (χ4v) is 2.79. The maximum Gasteiger partial charge on any atom is 0.307 e. The van der Waals surface area contributed by atoms with Gasteiger partial charge in [-0.25, -0.2) is 0 Å². The van der Waals surface area contributed by atoms with Crippen molar-refractivity contribution in [2.45, 2.75) is 33.2 Å². The summed E-state index contributed by atoms with van der Waals surface area (Å²) in [6, 6.07) is 4.28. The molecule has 0 spiro atoms. The van der Waals surface area contributed by atoms with Gasteiger partial charge in [0.05, 0.1) is 19.1 Å². The van der Waals surface area contributed by atoms with E-state index >= 15 is 0 Å². The van der Waals surface area contributed by atoms with Crippen LogP contribution in [0.5, 0.6) is 0 Å². The predicted octanol–water partition coefficient (Wildman–Crippen LogP) is 3.08. The minimum atomic E-state index is -0.113. The Labute approximate surface area is 107 Å². The summed E-state index contributed by atoms with van der Waals surface area (Å²) in [6.07, 6.45) is 0.441. The summed E-state index contributed by atoms with van der Waals surface area (Å²) in [6.45, 7) is 8.42. The van der Waals surface area contributed by atoms with Crippen LogP contribution in [0, 0.1) is 0 Å². The first-order valence-electron chi connectivity index (χ1n) is 6.15. The highest BCUT2D eigenvalue weighted by atomic mass is 32.1. The topological polar surface area (TPSA) is 29.5 Å². The number of hydrogen-bond donors (Lipinski definition) is 0. The summed E-state index contributed by atoms with van der Waals surface area (Å²) in [7, 11) is 0. The molecule has 0 fully saturated rings. The molecule has 1 aromatic heterocycles. The largest absolute Gasteiger partial charge is 0.466 e. The zero-order chi connectivity index (χ0) is 12.7. The van der Waals surface area contributed by atoms with Crippen LogP contribution in [0.15, 0.2) is 17.5 Å². The third-order valence-corrected chi connectivity index (χ3v) is 3.76. The standard InChI is InChI=1S/C13H21NO2S/c1-4-14(5-2)11(10-13(15)16-6-3)12-8-7-9-17-12/h7-9,11H,4-6,10H2,1-3H3. The van der Waals surface area contributed by atoms with Gasteiger partial charge in [-0.3, -0.25) is 9.69 Å². The number of carbonyl (C=O) groups is 1. The van der Waals surface area contributed by atoms with E-state index in [9.17, 15) is 4.79 Å². The van der Waals surface area contributed by atoms with Crippen molar-refractivity contribution in [1.29, 1.82) is 0 Å². The molecule has 17 heavy (non-hydrogen) atoms. The lowest BCUT2D eigenvalue weighted by Crippen LogP contribution is -2.30. The second kappa shape index (κ2) is 7.45. The van der Waals surface area contributed by atoms with Crippen LogP contribution in [0.1, 0.15) is 38.1 Å². The fraction of sp³-hybridized carbons (Fsp3) is 0.615. The Morgan fingerprint density at radius 2 is 2.12 bits per heavy atom. The first-order valence-corrected chi connectivity index (χ1v) is 7.03. The van der Waals surface area contributed by atoms with Crippen molar-refractivity contribution in [3.05, 3.63) is 22.4 Å². The van der Waals surface area contributed by atoms with Crippen molar-refractivity contribution in [2.24, 2.45) is 0 Å². The average molecular weight is 255 g/mol. The van der Waals surface area contributed by atoms with Gasteiger partial charge in [-0.1, -0.05) is 19.9 Å². The number of nitrogens with zero attached hydrogens (tertiary/aromatic N) is 1. The number of carbonyl (C=O) groups excluding carboxylic acids is 1. The number of ether oxygens (including phenoxy) is 1. The molecule has 0 aromatic carbocycles. The molecule has 0 aliphatic carbocycles. The summed E-state index contributed by atoms with van der Waals surface area (Å²) in [4.78, 5) is 15.2. The second-order valence-corrected chi connectivity index (χ2v) is 4.74. The third-order valence-electron chi connectivity index (χ3n) is 2.79. The molecule has 1 rings (SSSR count). The van der Waals surface area contributed by atoms with Crippen molar-refractivity contribution in [1.82, 2.24) is 4.90 Å². The van der Waals surface area contributed by atoms with Crippen molar-refractivity contribution in [3.8, 4) is 0 Å². The number of rotatable bonds is 7. The predicted molar refractivity (Wildman–Crippen MR) is 71.2 cm³/mol. The van der Waals surface area contributed by atoms with Gasteiger partial charge in [0, 0.05) is 4.88 Å². The van der Waals surface area contributed by atoms with Crippen LogP contribution in [0.4, 0.5) is 0 Å². The maximum absolute atomic E-state index is 11.6. The second-order valence-electron chi connectivity index (χ2n) is 3.76. The summed E-state index contributed by atoms with van der Waals surface area (Å²) in [5, 5.41) is 2.05. The molecule has 0 aliphatic heterocycles. The average Bonchev–Trinajstić information content (AvgIpc) is 2.83. The molecule has 0 amide bonds. The van der Waals surface area contributed by atoms with Crippen LogP contribution in [0.25, 0.3) is 0 Å². The molecular formula is C13H21NO2S. The van der Waals surface area contributed by atoms with E-state index in [1.807, 2.05) is 13.0 Å². The highest BCUT2D eigenvalue weighted by Crippen LogP contribution is 2.28. The summed E-state index contributed by atoms with van der Waals surface area (Å²) < 4.78 is 5.05. The lowest BCUT2D eigenvalue weighted by atomic mass is 10.1. The molecule has 1 unspecified atom stereocenters. The smallest absolute Gasteiger partial charge is 0.307 e. The molecule has 0 N–H and O–H groups in total. The molecule has 0 saturated heterocycles. The van der Waals surface area contributed by atoms with E-state index in [1.54, 1.807) is 11.3 Å². The molecule has 0 radical (unpaired) electrons. The van der Waals surface area contributed by atoms with Crippen molar-refractivity contribution < 1.29 is 9.53 Å². The van der Waals surface area contributed by atoms with Crippen molar-refractivity contribution in [2.75, 3.05) is 19.7 Å². The molecule has 3 nitrogen and oxygen atoms in total. The lowest BCUT2D eigenvalue weighted by Gasteiger charge is -2.28. The molecule has 0 bridgehead atoms. The molecule has 1 aromatic rings. The van der Waals surface area contributed by atoms with E-state index < -0.39 is 0 Å². The van der Waals surface area contributed by atoms with Gasteiger partial charge in [0.15, 0.2) is 0 Å². The zero-order valence-electron chi connectivity index (χ0n) is 10.8. The summed E-state index contributed by atoms with van der Waals surface area (Å²) in [5.74, 6) is -0.113. The zero-order valence-corrected chi connectivity index (χ0v) is 11.6. The SMILES string of the molecule is CCOC(=O)CC(c1cccs1)N(CC)CC. The Morgan fingerprint density at radius 1 is 1.41 bits per heavy atom. The van der Waals surface area contributed by atoms with E-state index in [-0.39, 0.29) is 12.0 Å². The Hall–Kier alpha value is -0.870. The van der Waals surface area contributed by atoms with Gasteiger partial charge in [-0.2, -0.15) is 0 Å². The maximum atomic E-state index is 11.6. The summed E-state index contributed by atoms with van der Waals surface area (Å²) in [5.41, 5.74) is 0. The van der Waals surface area contributed by atoms with Crippen LogP contribution in [-0.4, -0.2) is 30.6 Å². The Morgan fingerprint density at radius 3 is 2.59 bits per heavy atom. The Bertz CT molecular complexity index is 320. The van der Waals surface area contributed by atoms with Gasteiger partial charge in [0.25, 0.3) is 0 Å². The monoisotopic (exact) mass is 255 g/mol. The van der Waals surface area contributed by atoms with Crippen LogP contribution in [-0.2, 0) is 9.53 Å². The van der Waals surface area contributed by atoms with Crippen molar-refractivity contribution >= 4 is 17.3 Å². The Balaban J connectivity index is 2.76. The molecule has 1 atom stereocenters. The minimum absolute atomic E-state index is 0.113. The fourth-order valence-electron chi connectivity index (χ4n) is 1.93. The van der Waals surface area contributed by atoms with Gasteiger partial charge < -0.3 is 4.74 Å². The number of hydrogen-bond acceptors (Lipinski definition) is 4. The van der Waals surface area contributed by atoms with Crippen LogP contribution in [0.3, 0.4) is 0 Å². The number of thiophene rings is 1. The van der Waals surface area contributed by atoms with E-state index in [1.165, 1.54) is 4.88 Å². The van der Waals surface area contributed by atoms with Crippen LogP contribution in [0.2, 0.25) is 0 Å². The normalized spacial score (nSPS) is 12.7. The van der Waals surface area contributed by atoms with Gasteiger partial charge in [-0.05, 0) is 31.5 Å².